The highest BCUT2D eigenvalue weighted by Gasteiger charge is 2.21. The molecule has 0 saturated heterocycles. The van der Waals surface area contributed by atoms with Gasteiger partial charge in [0.05, 0.1) is 28.3 Å². The van der Waals surface area contributed by atoms with E-state index in [0.717, 1.165) is 6.07 Å². The molecule has 33 heavy (non-hydrogen) atoms. The summed E-state index contributed by atoms with van der Waals surface area (Å²) in [5.74, 6) is 0.141. The minimum atomic E-state index is -4.11. The van der Waals surface area contributed by atoms with Crippen LogP contribution in [0, 0.1) is 10.1 Å². The lowest BCUT2D eigenvalue weighted by molar-refractivity contribution is -0.384. The van der Waals surface area contributed by atoms with Gasteiger partial charge in [-0.05, 0) is 49.4 Å². The zero-order valence-electron chi connectivity index (χ0n) is 17.2. The van der Waals surface area contributed by atoms with Crippen LogP contribution < -0.4 is 14.9 Å². The van der Waals surface area contributed by atoms with Crippen molar-refractivity contribution in [3.8, 4) is 11.5 Å². The number of aromatic hydroxyl groups is 1. The minimum absolute atomic E-state index is 0.0431. The molecule has 3 rings (SSSR count). The Bertz CT molecular complexity index is 1310. The second kappa shape index (κ2) is 10.2. The molecule has 0 aliphatic heterocycles. The van der Waals surface area contributed by atoms with Gasteiger partial charge >= 0.3 is 0 Å². The predicted octanol–water partition coefficient (Wildman–Crippen LogP) is 4.60. The van der Waals surface area contributed by atoms with E-state index in [1.807, 2.05) is 0 Å². The minimum Gasteiger partial charge on any atom is -0.504 e. The molecular formula is C21H19ClN4O6S. The maximum Gasteiger partial charge on any atom is 0.295 e. The second-order valence-corrected chi connectivity index (χ2v) is 8.67. The van der Waals surface area contributed by atoms with E-state index in [2.05, 4.69) is 15.2 Å². The normalized spacial score (nSPS) is 11.3. The molecule has 3 aromatic carbocycles. The van der Waals surface area contributed by atoms with E-state index in [1.165, 1.54) is 30.5 Å². The van der Waals surface area contributed by atoms with Gasteiger partial charge in [-0.15, -0.1) is 0 Å². The Kier molecular flexibility index (Phi) is 7.36. The smallest absolute Gasteiger partial charge is 0.295 e. The molecule has 3 N–H and O–H groups in total. The van der Waals surface area contributed by atoms with Gasteiger partial charge in [-0.25, -0.2) is 8.42 Å². The Balaban J connectivity index is 1.84. The largest absolute Gasteiger partial charge is 0.504 e. The Morgan fingerprint density at radius 1 is 1.18 bits per heavy atom. The molecule has 0 amide bonds. The van der Waals surface area contributed by atoms with Crippen LogP contribution in [0.1, 0.15) is 12.5 Å². The topological polar surface area (TPSA) is 143 Å². The molecule has 0 spiro atoms. The number of hydrazone groups is 1. The second-order valence-electron chi connectivity index (χ2n) is 6.55. The van der Waals surface area contributed by atoms with Crippen molar-refractivity contribution in [3.63, 3.8) is 0 Å². The molecule has 0 saturated carbocycles. The van der Waals surface area contributed by atoms with E-state index in [0.29, 0.717) is 17.2 Å². The molecule has 0 aliphatic carbocycles. The quantitative estimate of drug-likeness (QED) is 0.226. The van der Waals surface area contributed by atoms with Gasteiger partial charge in [0.1, 0.15) is 5.69 Å². The maximum absolute atomic E-state index is 12.7. The third-order valence-corrected chi connectivity index (χ3v) is 5.89. The van der Waals surface area contributed by atoms with Crippen LogP contribution in [-0.2, 0) is 10.0 Å². The van der Waals surface area contributed by atoms with Crippen LogP contribution in [0.2, 0.25) is 5.02 Å². The first-order chi connectivity index (χ1) is 15.7. The molecular weight excluding hydrogens is 472 g/mol. The molecule has 0 radical (unpaired) electrons. The van der Waals surface area contributed by atoms with Gasteiger partial charge in [0.2, 0.25) is 0 Å². The molecule has 3 aromatic rings. The number of phenols is 1. The summed E-state index contributed by atoms with van der Waals surface area (Å²) >= 11 is 5.87. The van der Waals surface area contributed by atoms with Crippen molar-refractivity contribution in [1.29, 1.82) is 0 Å². The molecule has 0 heterocycles. The Morgan fingerprint density at radius 2 is 1.94 bits per heavy atom. The maximum atomic E-state index is 12.7. The van der Waals surface area contributed by atoms with Crippen molar-refractivity contribution in [2.45, 2.75) is 11.8 Å². The third-order valence-electron chi connectivity index (χ3n) is 4.27. The molecule has 12 heteroatoms. The number of phenolic OH excluding ortho intramolecular Hbond substituents is 1. The number of anilines is 2. The van der Waals surface area contributed by atoms with Crippen LogP contribution in [0.4, 0.5) is 17.1 Å². The molecule has 10 nitrogen and oxygen atoms in total. The zero-order valence-corrected chi connectivity index (χ0v) is 18.8. The highest BCUT2D eigenvalue weighted by atomic mass is 35.5. The van der Waals surface area contributed by atoms with Crippen LogP contribution in [-0.4, -0.2) is 31.3 Å². The molecule has 0 bridgehead atoms. The number of rotatable bonds is 9. The van der Waals surface area contributed by atoms with Crippen LogP contribution in [0.15, 0.2) is 70.7 Å². The van der Waals surface area contributed by atoms with E-state index < -0.39 is 20.6 Å². The van der Waals surface area contributed by atoms with E-state index >= 15 is 0 Å². The van der Waals surface area contributed by atoms with Crippen molar-refractivity contribution in [2.75, 3.05) is 16.8 Å². The summed E-state index contributed by atoms with van der Waals surface area (Å²) in [5.41, 5.74) is 2.49. The average molecular weight is 491 g/mol. The predicted molar refractivity (Wildman–Crippen MR) is 126 cm³/mol. The number of para-hydroxylation sites is 1. The van der Waals surface area contributed by atoms with Crippen LogP contribution >= 0.6 is 11.6 Å². The first kappa shape index (κ1) is 23.8. The van der Waals surface area contributed by atoms with Crippen LogP contribution in [0.5, 0.6) is 11.5 Å². The molecule has 0 unspecified atom stereocenters. The van der Waals surface area contributed by atoms with E-state index in [4.69, 9.17) is 16.3 Å². The van der Waals surface area contributed by atoms with Crippen LogP contribution in [0.3, 0.4) is 0 Å². The number of benzene rings is 3. The lowest BCUT2D eigenvalue weighted by atomic mass is 10.2. The van der Waals surface area contributed by atoms with Crippen molar-refractivity contribution < 1.29 is 23.2 Å². The standard InChI is InChI=1S/C21H19ClN4O6S/c1-2-32-20-8-3-5-14(21(20)27)13-23-24-18-10-9-17(12-19(18)26(28)29)33(30,31)25-16-7-4-6-15(22)11-16/h3-13,24-25,27H,2H2,1H3/b23-13+. The molecule has 0 atom stereocenters. The monoisotopic (exact) mass is 490 g/mol. The lowest BCUT2D eigenvalue weighted by Gasteiger charge is -2.10. The average Bonchev–Trinajstić information content (AvgIpc) is 2.76. The Morgan fingerprint density at radius 3 is 2.64 bits per heavy atom. The van der Waals surface area contributed by atoms with Crippen molar-refractivity contribution >= 4 is 44.9 Å². The molecule has 0 aromatic heterocycles. The van der Waals surface area contributed by atoms with Gasteiger partial charge in [-0.1, -0.05) is 23.7 Å². The summed E-state index contributed by atoms with van der Waals surface area (Å²) in [4.78, 5) is 10.5. The van der Waals surface area contributed by atoms with Crippen molar-refractivity contribution in [3.05, 3.63) is 81.4 Å². The summed E-state index contributed by atoms with van der Waals surface area (Å²) < 4.78 is 32.9. The van der Waals surface area contributed by atoms with Crippen molar-refractivity contribution in [2.24, 2.45) is 5.10 Å². The van der Waals surface area contributed by atoms with Gasteiger partial charge in [0.15, 0.2) is 11.5 Å². The number of nitrogens with one attached hydrogen (secondary N) is 2. The van der Waals surface area contributed by atoms with E-state index in [1.54, 1.807) is 37.3 Å². The summed E-state index contributed by atoms with van der Waals surface area (Å²) in [6.45, 7) is 2.13. The van der Waals surface area contributed by atoms with Gasteiger partial charge in [0, 0.05) is 16.7 Å². The van der Waals surface area contributed by atoms with Crippen LogP contribution in [0.25, 0.3) is 0 Å². The van der Waals surface area contributed by atoms with E-state index in [9.17, 15) is 23.6 Å². The summed E-state index contributed by atoms with van der Waals surface area (Å²) in [6.07, 6.45) is 1.26. The third kappa shape index (κ3) is 5.90. The first-order valence-corrected chi connectivity index (χ1v) is 11.4. The highest BCUT2D eigenvalue weighted by Crippen LogP contribution is 2.30. The van der Waals surface area contributed by atoms with E-state index in [-0.39, 0.29) is 27.8 Å². The summed E-state index contributed by atoms with van der Waals surface area (Å²) in [6, 6.07) is 14.2. The van der Waals surface area contributed by atoms with Gasteiger partial charge in [0.25, 0.3) is 15.7 Å². The fraction of sp³-hybridized carbons (Fsp3) is 0.0952. The molecule has 0 aliphatic rings. The van der Waals surface area contributed by atoms with Crippen molar-refractivity contribution in [1.82, 2.24) is 0 Å². The Hall–Kier alpha value is -3.83. The number of nitro benzene ring substituents is 1. The number of hydrogen-bond acceptors (Lipinski definition) is 8. The number of ether oxygens (including phenoxy) is 1. The summed E-state index contributed by atoms with van der Waals surface area (Å²) in [7, 11) is -4.11. The SMILES string of the molecule is CCOc1cccc(/C=N/Nc2ccc(S(=O)(=O)Nc3cccc(Cl)c3)cc2[N+](=O)[O-])c1O. The van der Waals surface area contributed by atoms with Gasteiger partial charge < -0.3 is 9.84 Å². The Labute approximate surface area is 194 Å². The number of halogens is 1. The van der Waals surface area contributed by atoms with Gasteiger partial charge in [-0.2, -0.15) is 5.10 Å². The molecule has 172 valence electrons. The number of nitrogens with zero attached hydrogens (tertiary/aromatic N) is 2. The zero-order chi connectivity index (χ0) is 24.0. The van der Waals surface area contributed by atoms with Gasteiger partial charge in [-0.3, -0.25) is 20.3 Å². The number of hydrogen-bond donors (Lipinski definition) is 3. The summed E-state index contributed by atoms with van der Waals surface area (Å²) in [5, 5.41) is 26.0. The number of nitro groups is 1. The first-order valence-electron chi connectivity index (χ1n) is 9.52. The lowest BCUT2D eigenvalue weighted by Crippen LogP contribution is -2.13. The number of sulfonamides is 1. The molecule has 0 fully saturated rings. The fourth-order valence-electron chi connectivity index (χ4n) is 2.78. The highest BCUT2D eigenvalue weighted by molar-refractivity contribution is 7.92. The fourth-order valence-corrected chi connectivity index (χ4v) is 4.04.